The van der Waals surface area contributed by atoms with E-state index in [9.17, 15) is 4.79 Å². The van der Waals surface area contributed by atoms with Crippen molar-refractivity contribution in [1.29, 1.82) is 0 Å². The molecule has 1 aromatic heterocycles. The first-order chi connectivity index (χ1) is 12.7. The van der Waals surface area contributed by atoms with E-state index >= 15 is 0 Å². The summed E-state index contributed by atoms with van der Waals surface area (Å²) in [4.78, 5) is 14.9. The third-order valence-electron chi connectivity index (χ3n) is 5.42. The molecule has 0 spiro atoms. The van der Waals surface area contributed by atoms with Gasteiger partial charge in [-0.2, -0.15) is 5.10 Å². The van der Waals surface area contributed by atoms with E-state index in [0.29, 0.717) is 11.6 Å². The van der Waals surface area contributed by atoms with Crippen LogP contribution >= 0.6 is 0 Å². The van der Waals surface area contributed by atoms with Gasteiger partial charge in [0, 0.05) is 24.7 Å². The van der Waals surface area contributed by atoms with Gasteiger partial charge in [-0.15, -0.1) is 0 Å². The van der Waals surface area contributed by atoms with Crippen molar-refractivity contribution in [3.63, 3.8) is 0 Å². The lowest BCUT2D eigenvalue weighted by molar-refractivity contribution is 0.0706. The molecule has 1 aromatic carbocycles. The topological polar surface area (TPSA) is 70.2 Å². The summed E-state index contributed by atoms with van der Waals surface area (Å²) in [7, 11) is 1.64. The summed E-state index contributed by atoms with van der Waals surface area (Å²) in [5, 5.41) is 10.7. The Balaban J connectivity index is 1.40. The summed E-state index contributed by atoms with van der Waals surface area (Å²) in [6.07, 6.45) is 6.43. The van der Waals surface area contributed by atoms with Crippen LogP contribution in [0.3, 0.4) is 0 Å². The molecule has 138 valence electrons. The van der Waals surface area contributed by atoms with Crippen LogP contribution in [0.2, 0.25) is 0 Å². The van der Waals surface area contributed by atoms with Crippen molar-refractivity contribution >= 4 is 5.91 Å². The van der Waals surface area contributed by atoms with Crippen LogP contribution < -0.4 is 10.1 Å². The second-order valence-electron chi connectivity index (χ2n) is 7.31. The Labute approximate surface area is 153 Å². The number of ether oxygens (including phenoxy) is 1. The summed E-state index contributed by atoms with van der Waals surface area (Å²) in [6, 6.07) is 8.21. The van der Waals surface area contributed by atoms with Gasteiger partial charge in [-0.05, 0) is 62.4 Å². The van der Waals surface area contributed by atoms with Crippen LogP contribution in [-0.2, 0) is 0 Å². The number of aromatic nitrogens is 2. The third-order valence-corrected chi connectivity index (χ3v) is 5.42. The van der Waals surface area contributed by atoms with E-state index in [0.717, 1.165) is 55.4 Å². The van der Waals surface area contributed by atoms with E-state index in [1.807, 2.05) is 29.2 Å². The molecule has 1 saturated heterocycles. The molecule has 6 heteroatoms. The number of nitrogens with zero attached hydrogens (tertiary/aromatic N) is 2. The van der Waals surface area contributed by atoms with Gasteiger partial charge in [-0.3, -0.25) is 9.89 Å². The second-order valence-corrected chi connectivity index (χ2v) is 7.31. The normalized spacial score (nSPS) is 18.1. The molecule has 4 rings (SSSR count). The van der Waals surface area contributed by atoms with E-state index in [-0.39, 0.29) is 5.91 Å². The van der Waals surface area contributed by atoms with Crippen LogP contribution in [0.15, 0.2) is 30.5 Å². The van der Waals surface area contributed by atoms with Gasteiger partial charge in [0.1, 0.15) is 5.75 Å². The minimum atomic E-state index is 0.0604. The molecule has 2 fully saturated rings. The molecule has 2 aliphatic rings. The van der Waals surface area contributed by atoms with Gasteiger partial charge in [0.15, 0.2) is 0 Å². The molecule has 0 atom stereocenters. The highest BCUT2D eigenvalue weighted by Crippen LogP contribution is 2.28. The number of aromatic amines is 1. The highest BCUT2D eigenvalue weighted by Gasteiger charge is 2.28. The zero-order chi connectivity index (χ0) is 17.9. The number of methoxy groups -OCH3 is 1. The summed E-state index contributed by atoms with van der Waals surface area (Å²) in [5.74, 6) is 1.75. The minimum absolute atomic E-state index is 0.0604. The quantitative estimate of drug-likeness (QED) is 0.837. The number of hydrogen-bond acceptors (Lipinski definition) is 4. The zero-order valence-electron chi connectivity index (χ0n) is 15.2. The summed E-state index contributed by atoms with van der Waals surface area (Å²) in [5.41, 5.74) is 2.35. The second kappa shape index (κ2) is 7.50. The summed E-state index contributed by atoms with van der Waals surface area (Å²) in [6.45, 7) is 2.74. The molecule has 1 aliphatic carbocycles. The molecule has 0 unspecified atom stereocenters. The molecule has 2 aromatic rings. The lowest BCUT2D eigenvalue weighted by atomic mass is 10.0. The minimum Gasteiger partial charge on any atom is -0.497 e. The van der Waals surface area contributed by atoms with E-state index in [4.69, 9.17) is 4.74 Å². The number of carbonyl (C=O) groups excluding carboxylic acids is 1. The summed E-state index contributed by atoms with van der Waals surface area (Å²) >= 11 is 0. The Hall–Kier alpha value is -2.34. The van der Waals surface area contributed by atoms with E-state index in [1.165, 1.54) is 12.8 Å². The zero-order valence-corrected chi connectivity index (χ0v) is 15.2. The fraction of sp³-hybridized carbons (Fsp3) is 0.500. The number of carbonyl (C=O) groups is 1. The maximum atomic E-state index is 13.0. The van der Waals surface area contributed by atoms with Crippen molar-refractivity contribution in [3.8, 4) is 17.0 Å². The van der Waals surface area contributed by atoms with Crippen LogP contribution in [0.25, 0.3) is 11.3 Å². The van der Waals surface area contributed by atoms with Gasteiger partial charge in [0.25, 0.3) is 5.91 Å². The smallest absolute Gasteiger partial charge is 0.257 e. The monoisotopic (exact) mass is 354 g/mol. The molecule has 26 heavy (non-hydrogen) atoms. The maximum Gasteiger partial charge on any atom is 0.257 e. The van der Waals surface area contributed by atoms with Crippen molar-refractivity contribution < 1.29 is 9.53 Å². The van der Waals surface area contributed by atoms with E-state index in [1.54, 1.807) is 13.3 Å². The number of H-pyrrole nitrogens is 1. The fourth-order valence-corrected chi connectivity index (χ4v) is 3.54. The number of hydrogen-bond donors (Lipinski definition) is 2. The Morgan fingerprint density at radius 2 is 1.96 bits per heavy atom. The van der Waals surface area contributed by atoms with Crippen LogP contribution in [0.1, 0.15) is 36.0 Å². The van der Waals surface area contributed by atoms with Crippen molar-refractivity contribution in [2.75, 3.05) is 26.7 Å². The molecule has 0 radical (unpaired) electrons. The summed E-state index contributed by atoms with van der Waals surface area (Å²) < 4.78 is 5.20. The molecular weight excluding hydrogens is 328 g/mol. The van der Waals surface area contributed by atoms with Gasteiger partial charge in [-0.1, -0.05) is 0 Å². The van der Waals surface area contributed by atoms with E-state index in [2.05, 4.69) is 15.5 Å². The van der Waals surface area contributed by atoms with Crippen molar-refractivity contribution in [2.24, 2.45) is 5.92 Å². The standard InChI is InChI=1S/C20H26N4O2/c1-26-17-6-4-15(5-7-17)19-18(13-22-23-19)20(25)24-10-8-16(9-11-24)21-12-14-2-3-14/h4-7,13-14,16,21H,2-3,8-12H2,1H3,(H,22,23). The highest BCUT2D eigenvalue weighted by atomic mass is 16.5. The molecule has 0 bridgehead atoms. The number of benzene rings is 1. The third kappa shape index (κ3) is 3.75. The van der Waals surface area contributed by atoms with E-state index < -0.39 is 0 Å². The molecule has 2 heterocycles. The Bertz CT molecular complexity index is 743. The number of amides is 1. The molecule has 1 amide bonds. The highest BCUT2D eigenvalue weighted by molar-refractivity contribution is 5.99. The molecule has 1 saturated carbocycles. The molecule has 2 N–H and O–H groups in total. The SMILES string of the molecule is COc1ccc(-c2[nH]ncc2C(=O)N2CCC(NCC3CC3)CC2)cc1. The van der Waals surface area contributed by atoms with Gasteiger partial charge in [-0.25, -0.2) is 0 Å². The molecule has 1 aliphatic heterocycles. The average molecular weight is 354 g/mol. The number of rotatable bonds is 6. The van der Waals surface area contributed by atoms with Crippen LogP contribution in [0.4, 0.5) is 0 Å². The van der Waals surface area contributed by atoms with Crippen molar-refractivity contribution in [2.45, 2.75) is 31.7 Å². The van der Waals surface area contributed by atoms with Crippen molar-refractivity contribution in [1.82, 2.24) is 20.4 Å². The van der Waals surface area contributed by atoms with Gasteiger partial charge in [0.2, 0.25) is 0 Å². The number of piperidine rings is 1. The van der Waals surface area contributed by atoms with Crippen LogP contribution in [0.5, 0.6) is 5.75 Å². The van der Waals surface area contributed by atoms with Gasteiger partial charge < -0.3 is 15.0 Å². The Morgan fingerprint density at radius 3 is 2.62 bits per heavy atom. The maximum absolute atomic E-state index is 13.0. The van der Waals surface area contributed by atoms with Gasteiger partial charge in [0.05, 0.1) is 24.6 Å². The Kier molecular flexibility index (Phi) is 4.93. The largest absolute Gasteiger partial charge is 0.497 e. The first kappa shape index (κ1) is 17.1. The number of nitrogens with one attached hydrogen (secondary N) is 2. The van der Waals surface area contributed by atoms with Gasteiger partial charge >= 0.3 is 0 Å². The first-order valence-corrected chi connectivity index (χ1v) is 9.45. The lowest BCUT2D eigenvalue weighted by Crippen LogP contribution is -2.45. The predicted octanol–water partition coefficient (Wildman–Crippen LogP) is 2.69. The molecular formula is C20H26N4O2. The van der Waals surface area contributed by atoms with Crippen molar-refractivity contribution in [3.05, 3.63) is 36.0 Å². The predicted molar refractivity (Wildman–Crippen MR) is 100 cm³/mol. The molecule has 6 nitrogen and oxygen atoms in total. The Morgan fingerprint density at radius 1 is 1.23 bits per heavy atom. The average Bonchev–Trinajstić information content (AvgIpc) is 3.40. The number of likely N-dealkylation sites (tertiary alicyclic amines) is 1. The van der Waals surface area contributed by atoms with Crippen LogP contribution in [0, 0.1) is 5.92 Å². The lowest BCUT2D eigenvalue weighted by Gasteiger charge is -2.32. The fourth-order valence-electron chi connectivity index (χ4n) is 3.54. The van der Waals surface area contributed by atoms with Crippen LogP contribution in [-0.4, -0.2) is 53.8 Å². The first-order valence-electron chi connectivity index (χ1n) is 9.45.